The smallest absolute Gasteiger partial charge is 0.312 e. The summed E-state index contributed by atoms with van der Waals surface area (Å²) in [5.74, 6) is -3.81. The van der Waals surface area contributed by atoms with Crippen LogP contribution in [-0.4, -0.2) is 108 Å². The van der Waals surface area contributed by atoms with Crippen molar-refractivity contribution in [2.45, 2.75) is 81.6 Å². The Morgan fingerprint density at radius 3 is 2.23 bits per heavy atom. The van der Waals surface area contributed by atoms with E-state index in [1.54, 1.807) is 6.07 Å². The van der Waals surface area contributed by atoms with Gasteiger partial charge >= 0.3 is 6.03 Å². The summed E-state index contributed by atoms with van der Waals surface area (Å²) in [6.45, 7) is 0.457. The molecule has 17 heteroatoms. The molecule has 2 aliphatic heterocycles. The summed E-state index contributed by atoms with van der Waals surface area (Å²) in [5.41, 5.74) is 17.4. The van der Waals surface area contributed by atoms with Crippen LogP contribution in [0.25, 0.3) is 10.8 Å². The van der Waals surface area contributed by atoms with E-state index in [4.69, 9.17) is 17.2 Å². The molecular formula is C40H51FN10O6. The first kappa shape index (κ1) is 41.9. The predicted molar refractivity (Wildman–Crippen MR) is 212 cm³/mol. The highest BCUT2D eigenvalue weighted by molar-refractivity contribution is 5.98. The molecule has 2 aliphatic rings. The van der Waals surface area contributed by atoms with Crippen LogP contribution in [0, 0.1) is 5.82 Å². The highest BCUT2D eigenvalue weighted by Gasteiger charge is 2.41. The van der Waals surface area contributed by atoms with E-state index in [1.165, 1.54) is 35.0 Å². The summed E-state index contributed by atoms with van der Waals surface area (Å²) in [4.78, 5) is 89.7. The van der Waals surface area contributed by atoms with Gasteiger partial charge in [0.15, 0.2) is 5.96 Å². The molecule has 5 rings (SSSR count). The number of fused-ring (bicyclic) bond motifs is 2. The standard InChI is InChI=1S/C40H51FN10O6/c1-50-32(13-6-18-46-40(44)57)35(53)49-31(23-25-15-16-26-9-2-3-10-27(26)20-25)38(56)51-19-7-14-33(51)36(54)48-30(22-24-8-4-11-28(41)21-24)34(52)47-29(37(50)55)12-5-17-45-39(42)43/h2-4,8-11,15-16,20-21,29-33H,5-7,12-14,17-19,22-23H2,1H3,(H,47,52)(H,48,54)(H,49,53)(H4,42,43,45)(H3,44,46,57)/t29-,30+,31-,32-,33-/m0/s1. The lowest BCUT2D eigenvalue weighted by Crippen LogP contribution is -2.58. The van der Waals surface area contributed by atoms with Crippen molar-refractivity contribution < 1.29 is 33.2 Å². The number of hydrogen-bond donors (Lipinski definition) is 7. The third-order valence-corrected chi connectivity index (χ3v) is 10.3. The Hall–Kier alpha value is -6.26. The second kappa shape index (κ2) is 19.6. The number of urea groups is 1. The fourth-order valence-electron chi connectivity index (χ4n) is 7.39. The number of hydrogen-bond acceptors (Lipinski definition) is 7. The van der Waals surface area contributed by atoms with Crippen molar-refractivity contribution in [3.8, 4) is 0 Å². The van der Waals surface area contributed by atoms with Crippen molar-refractivity contribution in [2.24, 2.45) is 22.2 Å². The first-order valence-electron chi connectivity index (χ1n) is 19.1. The van der Waals surface area contributed by atoms with E-state index in [9.17, 15) is 33.2 Å². The number of aliphatic imine (C=N–C) groups is 1. The van der Waals surface area contributed by atoms with Crippen molar-refractivity contribution in [3.05, 3.63) is 83.7 Å². The van der Waals surface area contributed by atoms with Gasteiger partial charge in [-0.3, -0.25) is 29.0 Å². The largest absolute Gasteiger partial charge is 0.370 e. The number of nitrogens with two attached hydrogens (primary N) is 3. The van der Waals surface area contributed by atoms with Gasteiger partial charge in [0.1, 0.15) is 36.0 Å². The fourth-order valence-corrected chi connectivity index (χ4v) is 7.39. The van der Waals surface area contributed by atoms with E-state index >= 15 is 0 Å². The zero-order valence-corrected chi connectivity index (χ0v) is 31.9. The minimum absolute atomic E-state index is 0.0450. The van der Waals surface area contributed by atoms with Crippen LogP contribution in [0.2, 0.25) is 0 Å². The second-order valence-corrected chi connectivity index (χ2v) is 14.4. The van der Waals surface area contributed by atoms with E-state index in [1.807, 2.05) is 42.5 Å². The highest BCUT2D eigenvalue weighted by Crippen LogP contribution is 2.23. The minimum Gasteiger partial charge on any atom is -0.370 e. The van der Waals surface area contributed by atoms with E-state index in [0.717, 1.165) is 16.3 Å². The van der Waals surface area contributed by atoms with Gasteiger partial charge in [-0.2, -0.15) is 0 Å². The van der Waals surface area contributed by atoms with Gasteiger partial charge in [-0.15, -0.1) is 0 Å². The Morgan fingerprint density at radius 2 is 1.49 bits per heavy atom. The van der Waals surface area contributed by atoms with E-state index in [-0.39, 0.29) is 64.1 Å². The van der Waals surface area contributed by atoms with Gasteiger partial charge < -0.3 is 48.3 Å². The molecule has 2 heterocycles. The van der Waals surface area contributed by atoms with Crippen molar-refractivity contribution in [3.63, 3.8) is 0 Å². The summed E-state index contributed by atoms with van der Waals surface area (Å²) < 4.78 is 14.3. The van der Waals surface area contributed by atoms with Crippen LogP contribution in [0.4, 0.5) is 9.18 Å². The number of nitrogens with one attached hydrogen (secondary N) is 4. The number of amides is 7. The predicted octanol–water partition coefficient (Wildman–Crippen LogP) is 0.552. The van der Waals surface area contributed by atoms with Crippen molar-refractivity contribution >= 4 is 52.3 Å². The number of rotatable bonds is 12. The van der Waals surface area contributed by atoms with Crippen LogP contribution in [0.3, 0.4) is 0 Å². The molecule has 304 valence electrons. The SMILES string of the molecule is CN1C(=O)[C@H](CCCN=C(N)N)NC(=O)[C@@H](Cc2cccc(F)c2)NC(=O)[C@@H]2CCCN2C(=O)[C@H](Cc2ccc3ccccc3c2)NC(=O)[C@@H]1CCCNC(N)=O. The van der Waals surface area contributed by atoms with Gasteiger partial charge in [0.05, 0.1) is 0 Å². The van der Waals surface area contributed by atoms with Crippen LogP contribution < -0.4 is 38.5 Å². The maximum absolute atomic E-state index is 14.6. The minimum atomic E-state index is -1.27. The summed E-state index contributed by atoms with van der Waals surface area (Å²) in [7, 11) is 1.42. The fraction of sp³-hybridized carbons (Fsp3) is 0.425. The van der Waals surface area contributed by atoms with Crippen LogP contribution in [-0.2, 0) is 36.8 Å². The average molecular weight is 787 g/mol. The lowest BCUT2D eigenvalue weighted by molar-refractivity contribution is -0.144. The molecule has 3 aromatic carbocycles. The van der Waals surface area contributed by atoms with Gasteiger partial charge in [0.2, 0.25) is 29.5 Å². The number of benzene rings is 3. The molecule has 2 saturated heterocycles. The molecule has 0 radical (unpaired) electrons. The van der Waals surface area contributed by atoms with E-state index in [2.05, 4.69) is 26.3 Å². The van der Waals surface area contributed by atoms with Crippen LogP contribution in [0.15, 0.2) is 71.7 Å². The first-order chi connectivity index (χ1) is 27.3. The van der Waals surface area contributed by atoms with Gasteiger partial charge in [-0.05, 0) is 72.6 Å². The Balaban J connectivity index is 1.55. The van der Waals surface area contributed by atoms with Crippen molar-refractivity contribution in [1.82, 2.24) is 31.1 Å². The summed E-state index contributed by atoms with van der Waals surface area (Å²) >= 11 is 0. The van der Waals surface area contributed by atoms with Crippen LogP contribution in [0.1, 0.15) is 49.7 Å². The molecule has 0 saturated carbocycles. The second-order valence-electron chi connectivity index (χ2n) is 14.4. The number of guanidine groups is 1. The Morgan fingerprint density at radius 1 is 0.789 bits per heavy atom. The molecule has 0 bridgehead atoms. The first-order valence-corrected chi connectivity index (χ1v) is 19.1. The number of carbonyl (C=O) groups excluding carboxylic acids is 6. The maximum Gasteiger partial charge on any atom is 0.312 e. The van der Waals surface area contributed by atoms with Gasteiger partial charge in [0.25, 0.3) is 0 Å². The molecule has 57 heavy (non-hydrogen) atoms. The molecule has 3 aromatic rings. The van der Waals surface area contributed by atoms with Crippen LogP contribution in [0.5, 0.6) is 0 Å². The summed E-state index contributed by atoms with van der Waals surface area (Å²) in [6, 6.07) is 12.5. The Labute approximate surface area is 330 Å². The third kappa shape index (κ3) is 11.4. The number of likely N-dealkylation sites (N-methyl/N-ethyl adjacent to an activating group) is 1. The number of carbonyl (C=O) groups is 6. The molecule has 10 N–H and O–H groups in total. The molecule has 0 aliphatic carbocycles. The van der Waals surface area contributed by atoms with E-state index in [0.29, 0.717) is 18.4 Å². The zero-order valence-electron chi connectivity index (χ0n) is 31.9. The summed E-state index contributed by atoms with van der Waals surface area (Å²) in [5, 5.41) is 12.9. The van der Waals surface area contributed by atoms with E-state index < -0.39 is 71.6 Å². The number of nitrogens with zero attached hydrogens (tertiary/aromatic N) is 3. The molecule has 5 atom stereocenters. The summed E-state index contributed by atoms with van der Waals surface area (Å²) in [6.07, 6.45) is 1.31. The number of halogens is 1. The number of primary amides is 1. The normalized spacial score (nSPS) is 22.1. The molecule has 0 unspecified atom stereocenters. The maximum atomic E-state index is 14.6. The molecule has 0 aromatic heterocycles. The molecular weight excluding hydrogens is 736 g/mol. The zero-order chi connectivity index (χ0) is 41.1. The molecule has 7 amide bonds. The average Bonchev–Trinajstić information content (AvgIpc) is 3.67. The lowest BCUT2D eigenvalue weighted by atomic mass is 9.99. The molecule has 16 nitrogen and oxygen atoms in total. The van der Waals surface area contributed by atoms with Crippen LogP contribution >= 0.6 is 0 Å². The quantitative estimate of drug-likeness (QED) is 0.0775. The van der Waals surface area contributed by atoms with Gasteiger partial charge in [-0.25, -0.2) is 9.18 Å². The highest BCUT2D eigenvalue weighted by atomic mass is 19.1. The third-order valence-electron chi connectivity index (χ3n) is 10.3. The molecule has 2 fully saturated rings. The van der Waals surface area contributed by atoms with Crippen molar-refractivity contribution in [2.75, 3.05) is 26.7 Å². The van der Waals surface area contributed by atoms with Crippen molar-refractivity contribution in [1.29, 1.82) is 0 Å². The van der Waals surface area contributed by atoms with Gasteiger partial charge in [0, 0.05) is 39.5 Å². The van der Waals surface area contributed by atoms with Gasteiger partial charge in [-0.1, -0.05) is 54.6 Å². The topological polar surface area (TPSA) is 247 Å². The molecule has 0 spiro atoms. The monoisotopic (exact) mass is 786 g/mol. The Bertz CT molecular complexity index is 1990. The Kier molecular flexibility index (Phi) is 14.4. The lowest BCUT2D eigenvalue weighted by Gasteiger charge is -2.33.